The fourth-order valence-corrected chi connectivity index (χ4v) is 7.13. The van der Waals surface area contributed by atoms with Crippen LogP contribution in [0.5, 0.6) is 0 Å². The monoisotopic (exact) mass is 506 g/mol. The number of fused-ring (bicyclic) bond motifs is 1. The topological polar surface area (TPSA) is 64.6 Å². The van der Waals surface area contributed by atoms with Crippen LogP contribution in [-0.2, 0) is 11.2 Å². The molecule has 4 aliphatic rings. The summed E-state index contributed by atoms with van der Waals surface area (Å²) in [5.74, 6) is 2.56. The van der Waals surface area contributed by atoms with Crippen LogP contribution >= 0.6 is 0 Å². The highest BCUT2D eigenvalue weighted by atomic mass is 19.1. The average molecular weight is 507 g/mol. The fourth-order valence-electron chi connectivity index (χ4n) is 7.13. The molecule has 1 saturated carbocycles. The lowest BCUT2D eigenvalue weighted by Gasteiger charge is -2.39. The number of halogens is 1. The van der Waals surface area contributed by atoms with Crippen LogP contribution in [0.2, 0.25) is 0 Å². The van der Waals surface area contributed by atoms with Crippen LogP contribution in [0.4, 0.5) is 27.5 Å². The molecule has 2 aromatic rings. The number of likely N-dealkylation sites (N-methyl/N-ethyl adjacent to an activating group) is 1. The maximum atomic E-state index is 15.2. The van der Waals surface area contributed by atoms with Gasteiger partial charge >= 0.3 is 0 Å². The van der Waals surface area contributed by atoms with Gasteiger partial charge in [0.2, 0.25) is 11.9 Å². The summed E-state index contributed by atoms with van der Waals surface area (Å²) in [4.78, 5) is 29.2. The normalized spacial score (nSPS) is 24.7. The van der Waals surface area contributed by atoms with E-state index < -0.39 is 5.54 Å². The highest BCUT2D eigenvalue weighted by Crippen LogP contribution is 2.47. The number of carbonyl (C=O) groups excluding carboxylic acids is 1. The van der Waals surface area contributed by atoms with E-state index >= 15 is 4.39 Å². The Morgan fingerprint density at radius 2 is 1.86 bits per heavy atom. The Labute approximate surface area is 219 Å². The molecule has 6 rings (SSSR count). The van der Waals surface area contributed by atoms with Crippen LogP contribution in [0, 0.1) is 17.7 Å². The average Bonchev–Trinajstić information content (AvgIpc) is 3.60. The van der Waals surface area contributed by atoms with Gasteiger partial charge < -0.3 is 20.0 Å². The zero-order valence-corrected chi connectivity index (χ0v) is 22.3. The van der Waals surface area contributed by atoms with Crippen LogP contribution in [0.25, 0.3) is 0 Å². The largest absolute Gasteiger partial charge is 0.371 e. The number of hydrogen-bond donors (Lipinski definition) is 1. The summed E-state index contributed by atoms with van der Waals surface area (Å²) in [5.41, 5.74) is 1.77. The van der Waals surface area contributed by atoms with E-state index in [1.165, 1.54) is 12.8 Å². The van der Waals surface area contributed by atoms with Gasteiger partial charge in [-0.25, -0.2) is 9.37 Å². The van der Waals surface area contributed by atoms with E-state index in [9.17, 15) is 4.79 Å². The molecule has 1 aromatic heterocycles. The van der Waals surface area contributed by atoms with Crippen molar-refractivity contribution in [3.63, 3.8) is 0 Å². The number of nitrogens with one attached hydrogen (secondary N) is 1. The fraction of sp³-hybridized carbons (Fsp3) is 0.621. The maximum Gasteiger partial charge on any atom is 0.248 e. The van der Waals surface area contributed by atoms with E-state index in [2.05, 4.69) is 33.9 Å². The first-order valence-corrected chi connectivity index (χ1v) is 14.1. The summed E-state index contributed by atoms with van der Waals surface area (Å²) in [6.45, 7) is 7.28. The Balaban J connectivity index is 1.23. The number of aromatic nitrogens is 2. The zero-order valence-electron chi connectivity index (χ0n) is 22.3. The minimum atomic E-state index is -0.546. The molecule has 1 unspecified atom stereocenters. The molecule has 4 heterocycles. The molecule has 3 aliphatic heterocycles. The van der Waals surface area contributed by atoms with Crippen molar-refractivity contribution in [3.8, 4) is 0 Å². The van der Waals surface area contributed by atoms with Gasteiger partial charge in [0.15, 0.2) is 0 Å². The molecule has 7 nitrogen and oxygen atoms in total. The minimum Gasteiger partial charge on any atom is -0.371 e. The predicted molar refractivity (Wildman–Crippen MR) is 145 cm³/mol. The van der Waals surface area contributed by atoms with Crippen molar-refractivity contribution in [1.29, 1.82) is 0 Å². The second-order valence-corrected chi connectivity index (χ2v) is 11.9. The van der Waals surface area contributed by atoms with Crippen molar-refractivity contribution in [2.45, 2.75) is 76.8 Å². The van der Waals surface area contributed by atoms with Crippen molar-refractivity contribution in [2.75, 3.05) is 41.8 Å². The Morgan fingerprint density at radius 1 is 1.11 bits per heavy atom. The second kappa shape index (κ2) is 9.44. The third-order valence-corrected chi connectivity index (χ3v) is 9.36. The van der Waals surface area contributed by atoms with Crippen LogP contribution in [0.3, 0.4) is 0 Å². The van der Waals surface area contributed by atoms with Gasteiger partial charge in [0.25, 0.3) is 0 Å². The Morgan fingerprint density at radius 3 is 2.51 bits per heavy atom. The number of hydrogen-bond acceptors (Lipinski definition) is 6. The van der Waals surface area contributed by atoms with E-state index in [1.807, 2.05) is 24.2 Å². The van der Waals surface area contributed by atoms with Gasteiger partial charge in [-0.1, -0.05) is 26.7 Å². The number of anilines is 4. The predicted octanol–water partition coefficient (Wildman–Crippen LogP) is 5.14. The molecule has 1 N–H and O–H groups in total. The van der Waals surface area contributed by atoms with E-state index in [4.69, 9.17) is 4.98 Å². The maximum absolute atomic E-state index is 15.2. The molecule has 1 amide bonds. The van der Waals surface area contributed by atoms with Crippen molar-refractivity contribution >= 4 is 29.0 Å². The van der Waals surface area contributed by atoms with Gasteiger partial charge in [0, 0.05) is 56.6 Å². The summed E-state index contributed by atoms with van der Waals surface area (Å²) in [6, 6.07) is 5.72. The number of carbonyl (C=O) groups is 1. The SMILES string of the molecule is CC(C)C1CCN(c2ccc(Nc3ncc4c(n3)N(C3CCCC3)C3(CCN(C)C3=O)C4)c(F)c2)CC1. The molecule has 8 heteroatoms. The number of rotatable bonds is 5. The highest BCUT2D eigenvalue weighted by molar-refractivity contribution is 5.94. The number of amides is 1. The lowest BCUT2D eigenvalue weighted by Crippen LogP contribution is -2.56. The first-order chi connectivity index (χ1) is 17.9. The van der Waals surface area contributed by atoms with Crippen LogP contribution in [-0.4, -0.2) is 59.0 Å². The first kappa shape index (κ1) is 24.4. The highest BCUT2D eigenvalue weighted by Gasteiger charge is 2.57. The summed E-state index contributed by atoms with van der Waals surface area (Å²) in [7, 11) is 1.89. The first-order valence-electron chi connectivity index (χ1n) is 14.1. The Kier molecular flexibility index (Phi) is 6.24. The second-order valence-electron chi connectivity index (χ2n) is 11.9. The summed E-state index contributed by atoms with van der Waals surface area (Å²) >= 11 is 0. The van der Waals surface area contributed by atoms with Crippen molar-refractivity contribution < 1.29 is 9.18 Å². The van der Waals surface area contributed by atoms with Gasteiger partial charge in [0.05, 0.1) is 5.69 Å². The van der Waals surface area contributed by atoms with Gasteiger partial charge in [-0.05, 0) is 62.1 Å². The molecule has 0 radical (unpaired) electrons. The number of nitrogens with zero attached hydrogens (tertiary/aromatic N) is 5. The quantitative estimate of drug-likeness (QED) is 0.606. The van der Waals surface area contributed by atoms with Gasteiger partial charge in [-0.15, -0.1) is 0 Å². The molecular formula is C29H39FN6O. The molecule has 198 valence electrons. The molecule has 2 saturated heterocycles. The molecule has 1 spiro atoms. The van der Waals surface area contributed by atoms with Crippen molar-refractivity contribution in [2.24, 2.45) is 11.8 Å². The molecular weight excluding hydrogens is 467 g/mol. The molecule has 0 bridgehead atoms. The smallest absolute Gasteiger partial charge is 0.248 e. The van der Waals surface area contributed by atoms with E-state index in [0.717, 1.165) is 74.7 Å². The Hall–Kier alpha value is -2.90. The van der Waals surface area contributed by atoms with Crippen LogP contribution in [0.15, 0.2) is 24.4 Å². The lowest BCUT2D eigenvalue weighted by atomic mass is 9.86. The number of piperidine rings is 1. The third kappa shape index (κ3) is 4.22. The van der Waals surface area contributed by atoms with Gasteiger partial charge in [-0.3, -0.25) is 4.79 Å². The van der Waals surface area contributed by atoms with E-state index in [1.54, 1.807) is 12.1 Å². The third-order valence-electron chi connectivity index (χ3n) is 9.36. The van der Waals surface area contributed by atoms with Crippen molar-refractivity contribution in [1.82, 2.24) is 14.9 Å². The molecule has 1 aromatic carbocycles. The van der Waals surface area contributed by atoms with E-state index in [-0.39, 0.29) is 11.7 Å². The molecule has 1 atom stereocenters. The molecule has 1 aliphatic carbocycles. The van der Waals surface area contributed by atoms with Crippen LogP contribution < -0.4 is 15.1 Å². The summed E-state index contributed by atoms with van der Waals surface area (Å²) in [6.07, 6.45) is 10.1. The van der Waals surface area contributed by atoms with Gasteiger partial charge in [0.1, 0.15) is 17.2 Å². The van der Waals surface area contributed by atoms with Crippen molar-refractivity contribution in [3.05, 3.63) is 35.8 Å². The minimum absolute atomic E-state index is 0.186. The lowest BCUT2D eigenvalue weighted by molar-refractivity contribution is -0.131. The Bertz CT molecular complexity index is 1170. The standard InChI is InChI=1S/C29H39FN6O/c1-19(2)20-10-13-35(14-11-20)23-8-9-25(24(30)16-23)32-28-31-18-21-17-29(12-15-34(3)27(29)37)36(26(21)33-28)22-6-4-5-7-22/h8-9,16,18-20,22H,4-7,10-15,17H2,1-3H3,(H,31,32,33). The van der Waals surface area contributed by atoms with Crippen LogP contribution in [0.1, 0.15) is 64.4 Å². The molecule has 3 fully saturated rings. The van der Waals surface area contributed by atoms with E-state index in [0.29, 0.717) is 30.0 Å². The summed E-state index contributed by atoms with van der Waals surface area (Å²) < 4.78 is 15.2. The summed E-state index contributed by atoms with van der Waals surface area (Å²) in [5, 5.41) is 3.13. The molecule has 37 heavy (non-hydrogen) atoms. The number of likely N-dealkylation sites (tertiary alicyclic amines) is 1. The number of benzene rings is 1. The van der Waals surface area contributed by atoms with Gasteiger partial charge in [-0.2, -0.15) is 4.98 Å². The zero-order chi connectivity index (χ0) is 25.7.